The molecule has 1 saturated heterocycles. The highest BCUT2D eigenvalue weighted by Crippen LogP contribution is 2.44. The molecular weight excluding hydrogens is 554 g/mol. The maximum atomic E-state index is 12.7. The van der Waals surface area contributed by atoms with E-state index >= 15 is 0 Å². The van der Waals surface area contributed by atoms with Crippen LogP contribution in [0.1, 0.15) is 31.9 Å². The summed E-state index contributed by atoms with van der Waals surface area (Å²) < 4.78 is 28.4. The Kier molecular flexibility index (Phi) is 8.45. The van der Waals surface area contributed by atoms with Gasteiger partial charge in [-0.15, -0.1) is 0 Å². The molecule has 0 bridgehead atoms. The van der Waals surface area contributed by atoms with Gasteiger partial charge < -0.3 is 33.9 Å². The number of methoxy groups -OCH3 is 2. The van der Waals surface area contributed by atoms with Gasteiger partial charge in [0, 0.05) is 47.6 Å². The number of rotatable bonds is 8. The molecule has 1 N–H and O–H groups in total. The summed E-state index contributed by atoms with van der Waals surface area (Å²) in [6.45, 7) is 8.22. The molecule has 43 heavy (non-hydrogen) atoms. The molecule has 2 aliphatic rings. The number of amides is 1. The Morgan fingerprint density at radius 3 is 2.42 bits per heavy atom. The Balaban J connectivity index is 1.55. The molecule has 11 heteroatoms. The van der Waals surface area contributed by atoms with Crippen LogP contribution in [0.4, 0.5) is 16.2 Å². The van der Waals surface area contributed by atoms with Gasteiger partial charge in [0.1, 0.15) is 18.1 Å². The van der Waals surface area contributed by atoms with Gasteiger partial charge in [-0.05, 0) is 56.2 Å². The lowest BCUT2D eigenvalue weighted by atomic mass is 9.85. The topological polar surface area (TPSA) is 122 Å². The molecule has 3 aromatic carbocycles. The summed E-state index contributed by atoms with van der Waals surface area (Å²) in [7, 11) is 3.05. The molecule has 0 atom stereocenters. The highest BCUT2D eigenvalue weighted by Gasteiger charge is 2.28. The van der Waals surface area contributed by atoms with E-state index in [1.807, 2.05) is 25.1 Å². The second-order valence-electron chi connectivity index (χ2n) is 10.9. The largest absolute Gasteiger partial charge is 0.496 e. The van der Waals surface area contributed by atoms with Crippen LogP contribution < -0.4 is 24.3 Å². The molecule has 2 heterocycles. The van der Waals surface area contributed by atoms with Crippen molar-refractivity contribution in [3.05, 3.63) is 75.8 Å². The van der Waals surface area contributed by atoms with Gasteiger partial charge in [-0.25, -0.2) is 4.79 Å². The summed E-state index contributed by atoms with van der Waals surface area (Å²) in [5.41, 5.74) is 5.04. The number of nitrogens with one attached hydrogen (secondary N) is 1. The van der Waals surface area contributed by atoms with Gasteiger partial charge in [0.2, 0.25) is 0 Å². The number of nitrogens with zero attached hydrogens (tertiary/aromatic N) is 2. The number of non-ortho nitro benzene ring substituents is 1. The molecule has 0 aliphatic carbocycles. The Labute approximate surface area is 250 Å². The van der Waals surface area contributed by atoms with Crippen molar-refractivity contribution in [2.75, 3.05) is 45.8 Å². The van der Waals surface area contributed by atoms with E-state index in [0.29, 0.717) is 43.6 Å². The smallest absolute Gasteiger partial charge is 0.415 e. The Morgan fingerprint density at radius 2 is 1.72 bits per heavy atom. The summed E-state index contributed by atoms with van der Waals surface area (Å²) in [5, 5.41) is 15.0. The molecule has 1 amide bonds. The zero-order valence-corrected chi connectivity index (χ0v) is 24.9. The van der Waals surface area contributed by atoms with Crippen LogP contribution in [0.25, 0.3) is 16.7 Å². The van der Waals surface area contributed by atoms with Crippen molar-refractivity contribution in [2.45, 2.75) is 32.9 Å². The minimum atomic E-state index is -0.473. The van der Waals surface area contributed by atoms with Crippen molar-refractivity contribution in [3.63, 3.8) is 0 Å². The van der Waals surface area contributed by atoms with Crippen molar-refractivity contribution in [1.29, 1.82) is 0 Å². The normalized spacial score (nSPS) is 15.5. The Bertz CT molecular complexity index is 1580. The fourth-order valence-electron chi connectivity index (χ4n) is 5.51. The first-order valence-electron chi connectivity index (χ1n) is 13.9. The fraction of sp³-hybridized carbons (Fsp3) is 0.344. The number of allylic oxidation sites excluding steroid dienone is 1. The minimum absolute atomic E-state index is 0.0836. The number of anilines is 1. The van der Waals surface area contributed by atoms with E-state index in [2.05, 4.69) is 25.2 Å². The Morgan fingerprint density at radius 1 is 1.00 bits per heavy atom. The van der Waals surface area contributed by atoms with E-state index in [-0.39, 0.29) is 23.6 Å². The molecule has 3 aromatic rings. The van der Waals surface area contributed by atoms with Gasteiger partial charge >= 0.3 is 6.09 Å². The Hall–Kier alpha value is -4.77. The van der Waals surface area contributed by atoms with Crippen molar-refractivity contribution in [1.82, 2.24) is 4.90 Å². The first-order chi connectivity index (χ1) is 20.6. The summed E-state index contributed by atoms with van der Waals surface area (Å²) in [4.78, 5) is 25.3. The average molecular weight is 590 g/mol. The van der Waals surface area contributed by atoms with E-state index in [0.717, 1.165) is 33.5 Å². The quantitative estimate of drug-likeness (QED) is 0.238. The average Bonchev–Trinajstić information content (AvgIpc) is 2.99. The highest BCUT2D eigenvalue weighted by atomic mass is 16.6. The SMILES string of the molecule is COc1ccc([N+](=O)[O-])cc1OCc1c(-c2ccc(OC(=O)N3CCOCC3)cc2OC)ccc2c1C(C)=CC(C)(C)N2. The van der Waals surface area contributed by atoms with Gasteiger partial charge in [-0.2, -0.15) is 0 Å². The van der Waals surface area contributed by atoms with Gasteiger partial charge in [-0.3, -0.25) is 10.1 Å². The molecule has 0 aromatic heterocycles. The number of benzene rings is 3. The maximum Gasteiger partial charge on any atom is 0.415 e. The maximum absolute atomic E-state index is 12.7. The number of nitro groups is 1. The summed E-state index contributed by atoms with van der Waals surface area (Å²) in [6.07, 6.45) is 1.71. The van der Waals surface area contributed by atoms with Crippen LogP contribution in [0.2, 0.25) is 0 Å². The third-order valence-corrected chi connectivity index (χ3v) is 7.41. The van der Waals surface area contributed by atoms with Crippen molar-refractivity contribution >= 4 is 23.0 Å². The number of nitro benzene ring substituents is 1. The lowest BCUT2D eigenvalue weighted by Gasteiger charge is -2.33. The number of carbonyl (C=O) groups is 1. The van der Waals surface area contributed by atoms with Crippen molar-refractivity contribution < 1.29 is 33.4 Å². The number of morpholine rings is 1. The molecule has 2 aliphatic heterocycles. The molecule has 226 valence electrons. The lowest BCUT2D eigenvalue weighted by Crippen LogP contribution is -2.42. The number of ether oxygens (including phenoxy) is 5. The second kappa shape index (κ2) is 12.2. The molecule has 5 rings (SSSR count). The monoisotopic (exact) mass is 589 g/mol. The van der Waals surface area contributed by atoms with Gasteiger partial charge in [0.25, 0.3) is 5.69 Å². The first kappa shape index (κ1) is 29.7. The van der Waals surface area contributed by atoms with Crippen molar-refractivity contribution in [2.24, 2.45) is 0 Å². The van der Waals surface area contributed by atoms with E-state index < -0.39 is 11.0 Å². The van der Waals surface area contributed by atoms with E-state index in [1.54, 1.807) is 24.1 Å². The van der Waals surface area contributed by atoms with Gasteiger partial charge in [0.05, 0.1) is 44.0 Å². The molecule has 0 spiro atoms. The minimum Gasteiger partial charge on any atom is -0.496 e. The molecule has 0 unspecified atom stereocenters. The fourth-order valence-corrected chi connectivity index (χ4v) is 5.51. The third kappa shape index (κ3) is 6.36. The molecule has 1 fully saturated rings. The lowest BCUT2D eigenvalue weighted by molar-refractivity contribution is -0.385. The molecule has 0 saturated carbocycles. The van der Waals surface area contributed by atoms with Crippen LogP contribution >= 0.6 is 0 Å². The summed E-state index contributed by atoms with van der Waals surface area (Å²) in [5.74, 6) is 1.50. The van der Waals surface area contributed by atoms with Crippen LogP contribution in [0.15, 0.2) is 54.6 Å². The molecule has 0 radical (unpaired) electrons. The predicted molar refractivity (Wildman–Crippen MR) is 162 cm³/mol. The van der Waals surface area contributed by atoms with Gasteiger partial charge in [-0.1, -0.05) is 12.1 Å². The van der Waals surface area contributed by atoms with Crippen LogP contribution in [-0.4, -0.2) is 62.0 Å². The number of hydrogen-bond acceptors (Lipinski definition) is 9. The standard InChI is InChI=1S/C32H35N3O8/c1-20-18-32(2,3)33-26-10-9-23(25(30(20)26)19-42-29-16-21(35(37)38)6-11-27(29)39-4)24-8-7-22(17-28(24)40-5)43-31(36)34-12-14-41-15-13-34/h6-11,16-18,33H,12-15,19H2,1-5H3. The predicted octanol–water partition coefficient (Wildman–Crippen LogP) is 6.30. The summed E-state index contributed by atoms with van der Waals surface area (Å²) >= 11 is 0. The molecule has 11 nitrogen and oxygen atoms in total. The van der Waals surface area contributed by atoms with Crippen LogP contribution in [0.3, 0.4) is 0 Å². The zero-order chi connectivity index (χ0) is 30.7. The zero-order valence-electron chi connectivity index (χ0n) is 24.9. The van der Waals surface area contributed by atoms with Gasteiger partial charge in [0.15, 0.2) is 11.5 Å². The second-order valence-corrected chi connectivity index (χ2v) is 10.9. The van der Waals surface area contributed by atoms with E-state index in [4.69, 9.17) is 23.7 Å². The van der Waals surface area contributed by atoms with E-state index in [1.165, 1.54) is 25.3 Å². The number of fused-ring (bicyclic) bond motifs is 1. The first-order valence-corrected chi connectivity index (χ1v) is 13.9. The van der Waals surface area contributed by atoms with Crippen LogP contribution in [0.5, 0.6) is 23.0 Å². The number of carbonyl (C=O) groups excluding carboxylic acids is 1. The third-order valence-electron chi connectivity index (χ3n) is 7.41. The van der Waals surface area contributed by atoms with Crippen LogP contribution in [0, 0.1) is 10.1 Å². The number of hydrogen-bond donors (Lipinski definition) is 1. The van der Waals surface area contributed by atoms with Crippen LogP contribution in [-0.2, 0) is 11.3 Å². The summed E-state index contributed by atoms with van der Waals surface area (Å²) in [6, 6.07) is 13.5. The van der Waals surface area contributed by atoms with E-state index in [9.17, 15) is 14.9 Å². The van der Waals surface area contributed by atoms with Crippen molar-refractivity contribution in [3.8, 4) is 34.1 Å². The highest BCUT2D eigenvalue weighted by molar-refractivity contribution is 5.88. The molecular formula is C32H35N3O8.